The zero-order valence-corrected chi connectivity index (χ0v) is 19.3. The average Bonchev–Trinajstić information content (AvgIpc) is 2.80. The van der Waals surface area contributed by atoms with Crippen molar-refractivity contribution in [2.75, 3.05) is 20.8 Å². The number of ether oxygens (including phenoxy) is 3. The second-order valence-electron chi connectivity index (χ2n) is 8.27. The maximum absolute atomic E-state index is 13.5. The van der Waals surface area contributed by atoms with E-state index < -0.39 is 11.3 Å². The summed E-state index contributed by atoms with van der Waals surface area (Å²) in [6.07, 6.45) is 8.03. The van der Waals surface area contributed by atoms with Crippen LogP contribution in [0.25, 0.3) is 0 Å². The van der Waals surface area contributed by atoms with Crippen molar-refractivity contribution in [1.29, 1.82) is 0 Å². The van der Waals surface area contributed by atoms with Crippen LogP contribution in [0.3, 0.4) is 0 Å². The van der Waals surface area contributed by atoms with Crippen LogP contribution in [0.5, 0.6) is 11.5 Å². The summed E-state index contributed by atoms with van der Waals surface area (Å²) in [5.74, 6) is 1.14. The van der Waals surface area contributed by atoms with Crippen molar-refractivity contribution in [1.82, 2.24) is 4.98 Å². The van der Waals surface area contributed by atoms with Gasteiger partial charge in [0.05, 0.1) is 25.3 Å². The highest BCUT2D eigenvalue weighted by atomic mass is 16.5. The van der Waals surface area contributed by atoms with E-state index in [-0.39, 0.29) is 5.78 Å². The summed E-state index contributed by atoms with van der Waals surface area (Å²) in [5.41, 5.74) is 3.01. The molecule has 0 N–H and O–H groups in total. The molecule has 0 saturated carbocycles. The Morgan fingerprint density at radius 3 is 2.59 bits per heavy atom. The Morgan fingerprint density at radius 2 is 1.94 bits per heavy atom. The van der Waals surface area contributed by atoms with E-state index in [2.05, 4.69) is 11.6 Å². The number of rotatable bonds is 9. The first-order valence-electron chi connectivity index (χ1n) is 10.7. The monoisotopic (exact) mass is 433 g/mol. The Labute approximate surface area is 190 Å². The van der Waals surface area contributed by atoms with Crippen LogP contribution in [0, 0.1) is 5.41 Å². The molecule has 1 aliphatic carbocycles. The summed E-state index contributed by atoms with van der Waals surface area (Å²) in [4.78, 5) is 18.1. The van der Waals surface area contributed by atoms with Crippen LogP contribution in [0.15, 0.2) is 78.5 Å². The van der Waals surface area contributed by atoms with Gasteiger partial charge in [-0.05, 0) is 61.2 Å². The van der Waals surface area contributed by atoms with Crippen LogP contribution in [0.2, 0.25) is 0 Å². The fraction of sp³-hybridized carbons (Fsp3) is 0.333. The molecular weight excluding hydrogens is 402 g/mol. The number of ketones is 1. The number of hydrogen-bond acceptors (Lipinski definition) is 5. The first-order valence-corrected chi connectivity index (χ1v) is 10.7. The lowest BCUT2D eigenvalue weighted by molar-refractivity contribution is -0.127. The van der Waals surface area contributed by atoms with Crippen LogP contribution in [-0.4, -0.2) is 31.6 Å². The quantitative estimate of drug-likeness (QED) is 0.527. The third kappa shape index (κ3) is 5.00. The number of allylic oxidation sites excluding steroid dienone is 4. The minimum atomic E-state index is -0.678. The third-order valence-electron chi connectivity index (χ3n) is 5.85. The maximum Gasteiger partial charge on any atom is 0.152 e. The topological polar surface area (TPSA) is 57.6 Å². The lowest BCUT2D eigenvalue weighted by Crippen LogP contribution is -2.36. The summed E-state index contributed by atoms with van der Waals surface area (Å²) < 4.78 is 16.5. The number of hydrogen-bond donors (Lipinski definition) is 0. The van der Waals surface area contributed by atoms with Gasteiger partial charge >= 0.3 is 0 Å². The zero-order valence-electron chi connectivity index (χ0n) is 19.3. The largest absolute Gasteiger partial charge is 0.497 e. The molecule has 5 heteroatoms. The summed E-state index contributed by atoms with van der Waals surface area (Å²) in [5, 5.41) is 0. The van der Waals surface area contributed by atoms with E-state index in [1.165, 1.54) is 0 Å². The lowest BCUT2D eigenvalue weighted by Gasteiger charge is -2.36. The molecule has 1 heterocycles. The number of methoxy groups -OCH3 is 2. The lowest BCUT2D eigenvalue weighted by atomic mass is 9.66. The molecule has 0 fully saturated rings. The maximum atomic E-state index is 13.5. The van der Waals surface area contributed by atoms with Gasteiger partial charge in [0.15, 0.2) is 5.78 Å². The van der Waals surface area contributed by atoms with Crippen LogP contribution in [0.4, 0.5) is 0 Å². The minimum Gasteiger partial charge on any atom is -0.497 e. The van der Waals surface area contributed by atoms with Gasteiger partial charge in [-0.1, -0.05) is 36.9 Å². The van der Waals surface area contributed by atoms with Gasteiger partial charge in [-0.15, -0.1) is 0 Å². The summed E-state index contributed by atoms with van der Waals surface area (Å²) >= 11 is 0. The van der Waals surface area contributed by atoms with Gasteiger partial charge in [0.25, 0.3) is 0 Å². The number of Topliss-reactive ketones (excluding diaryl/α,β-unsaturated/α-hetero) is 1. The zero-order chi connectivity index (χ0) is 23.1. The summed E-state index contributed by atoms with van der Waals surface area (Å²) in [7, 11) is 3.30. The molecule has 2 aromatic rings. The molecule has 1 aromatic heterocycles. The number of nitrogens with zero attached hydrogens (tertiary/aromatic N) is 1. The van der Waals surface area contributed by atoms with Gasteiger partial charge in [-0.3, -0.25) is 9.78 Å². The highest BCUT2D eigenvalue weighted by Gasteiger charge is 2.43. The van der Waals surface area contributed by atoms with Crippen LogP contribution >= 0.6 is 0 Å². The Morgan fingerprint density at radius 1 is 1.19 bits per heavy atom. The van der Waals surface area contributed by atoms with Crippen LogP contribution in [-0.2, 0) is 16.1 Å². The average molecular weight is 434 g/mol. The number of benzene rings is 1. The van der Waals surface area contributed by atoms with E-state index in [1.807, 2.05) is 62.4 Å². The number of pyridine rings is 1. The highest BCUT2D eigenvalue weighted by molar-refractivity contribution is 5.95. The van der Waals surface area contributed by atoms with Crippen molar-refractivity contribution in [3.05, 3.63) is 89.8 Å². The Balaban J connectivity index is 1.90. The van der Waals surface area contributed by atoms with Gasteiger partial charge in [0, 0.05) is 18.7 Å². The molecule has 1 unspecified atom stereocenters. The molecule has 0 amide bonds. The molecule has 1 atom stereocenters. The van der Waals surface area contributed by atoms with Crippen molar-refractivity contribution in [3.8, 4) is 11.5 Å². The van der Waals surface area contributed by atoms with Gasteiger partial charge in [0.1, 0.15) is 18.1 Å². The molecule has 32 heavy (non-hydrogen) atoms. The van der Waals surface area contributed by atoms with E-state index in [9.17, 15) is 4.79 Å². The van der Waals surface area contributed by atoms with Crippen LogP contribution < -0.4 is 9.47 Å². The normalized spacial score (nSPS) is 18.1. The van der Waals surface area contributed by atoms with Crippen molar-refractivity contribution >= 4 is 5.78 Å². The van der Waals surface area contributed by atoms with E-state index in [0.29, 0.717) is 31.1 Å². The first-order chi connectivity index (χ1) is 15.4. The fourth-order valence-electron chi connectivity index (χ4n) is 4.11. The first kappa shape index (κ1) is 23.5. The predicted molar refractivity (Wildman–Crippen MR) is 126 cm³/mol. The molecule has 5 nitrogen and oxygen atoms in total. The molecule has 3 rings (SSSR count). The van der Waals surface area contributed by atoms with E-state index in [4.69, 9.17) is 14.2 Å². The van der Waals surface area contributed by atoms with Gasteiger partial charge in [0.2, 0.25) is 0 Å². The number of carbonyl (C=O) groups is 1. The molecule has 0 bridgehead atoms. The Bertz CT molecular complexity index is 1020. The van der Waals surface area contributed by atoms with Crippen molar-refractivity contribution in [2.45, 2.75) is 32.8 Å². The molecule has 1 aliphatic rings. The molecule has 0 aliphatic heterocycles. The van der Waals surface area contributed by atoms with Crippen molar-refractivity contribution in [2.24, 2.45) is 5.41 Å². The molecule has 0 radical (unpaired) electrons. The molecule has 1 aromatic carbocycles. The highest BCUT2D eigenvalue weighted by Crippen LogP contribution is 2.46. The standard InChI is InChI=1S/C27H31NO4/c1-6-23-20(9-8-16-30-4)17-22(26(29)27(23,2)3)25-24(10-7-15-28-25)32-18-19-11-13-21(31-5)14-12-19/h6-15,22H,1,16-18H2,2-5H3/b9-8-. The van der Waals surface area contributed by atoms with Gasteiger partial charge < -0.3 is 14.2 Å². The third-order valence-corrected chi connectivity index (χ3v) is 5.85. The fourth-order valence-corrected chi connectivity index (χ4v) is 4.11. The second kappa shape index (κ2) is 10.4. The van der Waals surface area contributed by atoms with Crippen molar-refractivity contribution in [3.63, 3.8) is 0 Å². The predicted octanol–water partition coefficient (Wildman–Crippen LogP) is 5.44. The Kier molecular flexibility index (Phi) is 7.65. The SMILES string of the molecule is C=CC1=C(/C=C\COC)CC(c2ncccc2OCc2ccc(OC)cc2)C(=O)C1(C)C. The summed E-state index contributed by atoms with van der Waals surface area (Å²) in [6, 6.07) is 11.4. The molecular formula is C27H31NO4. The van der Waals surface area contributed by atoms with E-state index >= 15 is 0 Å². The second-order valence-corrected chi connectivity index (χ2v) is 8.27. The van der Waals surface area contributed by atoms with Gasteiger partial charge in [-0.25, -0.2) is 0 Å². The van der Waals surface area contributed by atoms with Crippen molar-refractivity contribution < 1.29 is 19.0 Å². The Hall–Kier alpha value is -3.18. The van der Waals surface area contributed by atoms with E-state index in [1.54, 1.807) is 26.5 Å². The smallest absolute Gasteiger partial charge is 0.152 e. The molecule has 0 saturated heterocycles. The van der Waals surface area contributed by atoms with Gasteiger partial charge in [-0.2, -0.15) is 0 Å². The summed E-state index contributed by atoms with van der Waals surface area (Å²) in [6.45, 7) is 8.74. The molecule has 0 spiro atoms. The number of aromatic nitrogens is 1. The van der Waals surface area contributed by atoms with Crippen LogP contribution in [0.1, 0.15) is 37.4 Å². The molecule has 168 valence electrons. The van der Waals surface area contributed by atoms with E-state index in [0.717, 1.165) is 22.5 Å². The minimum absolute atomic E-state index is 0.115. The number of carbonyl (C=O) groups excluding carboxylic acids is 1.